The lowest BCUT2D eigenvalue weighted by atomic mass is 9.52. The minimum Gasteiger partial charge on any atom is -0.0622 e. The molecular formula is C39H50. The van der Waals surface area contributed by atoms with E-state index in [0.29, 0.717) is 29.1 Å². The van der Waals surface area contributed by atoms with E-state index in [1.54, 1.807) is 22.3 Å². The van der Waals surface area contributed by atoms with Gasteiger partial charge in [0, 0.05) is 11.3 Å². The molecule has 3 aromatic rings. The molecule has 0 heteroatoms. The van der Waals surface area contributed by atoms with Crippen LogP contribution < -0.4 is 0 Å². The molecule has 2 saturated carbocycles. The zero-order chi connectivity index (χ0) is 27.4. The number of benzene rings is 3. The van der Waals surface area contributed by atoms with Crippen molar-refractivity contribution in [2.24, 2.45) is 23.2 Å². The Hall–Kier alpha value is -2.34. The van der Waals surface area contributed by atoms with Crippen molar-refractivity contribution in [1.29, 1.82) is 0 Å². The van der Waals surface area contributed by atoms with E-state index in [9.17, 15) is 0 Å². The van der Waals surface area contributed by atoms with Gasteiger partial charge in [0.05, 0.1) is 0 Å². The smallest absolute Gasteiger partial charge is 0.0302 e. The van der Waals surface area contributed by atoms with E-state index in [1.807, 2.05) is 0 Å². The topological polar surface area (TPSA) is 0 Å². The van der Waals surface area contributed by atoms with Crippen LogP contribution in [0.3, 0.4) is 0 Å². The van der Waals surface area contributed by atoms with Gasteiger partial charge >= 0.3 is 0 Å². The summed E-state index contributed by atoms with van der Waals surface area (Å²) in [6.45, 7) is 14.6. The Morgan fingerprint density at radius 3 is 1.69 bits per heavy atom. The minimum absolute atomic E-state index is 0.00344. The molecule has 0 amide bonds. The highest BCUT2D eigenvalue weighted by Crippen LogP contribution is 2.66. The third-order valence-corrected chi connectivity index (χ3v) is 11.2. The van der Waals surface area contributed by atoms with E-state index in [-0.39, 0.29) is 10.8 Å². The van der Waals surface area contributed by atoms with Gasteiger partial charge in [-0.3, -0.25) is 0 Å². The normalized spacial score (nSPS) is 25.9. The number of rotatable bonds is 4. The summed E-state index contributed by atoms with van der Waals surface area (Å²) in [6, 6.07) is 31.3. The fourth-order valence-corrected chi connectivity index (χ4v) is 9.27. The van der Waals surface area contributed by atoms with E-state index < -0.39 is 0 Å². The van der Waals surface area contributed by atoms with Gasteiger partial charge in [-0.25, -0.2) is 0 Å². The van der Waals surface area contributed by atoms with Gasteiger partial charge < -0.3 is 0 Å². The minimum atomic E-state index is 0.00344. The second-order valence-electron chi connectivity index (χ2n) is 15.3. The van der Waals surface area contributed by atoms with Crippen molar-refractivity contribution >= 4 is 0 Å². The van der Waals surface area contributed by atoms with Crippen LogP contribution in [0.2, 0.25) is 0 Å². The maximum Gasteiger partial charge on any atom is 0.0302 e. The summed E-state index contributed by atoms with van der Waals surface area (Å²) in [4.78, 5) is 0. The third kappa shape index (κ3) is 4.51. The summed E-state index contributed by atoms with van der Waals surface area (Å²) < 4.78 is 0. The molecule has 3 aromatic carbocycles. The summed E-state index contributed by atoms with van der Waals surface area (Å²) in [5.41, 5.74) is 8.48. The highest BCUT2D eigenvalue weighted by molar-refractivity contribution is 5.54. The molecule has 0 aliphatic heterocycles. The van der Waals surface area contributed by atoms with Crippen LogP contribution in [-0.2, 0) is 10.8 Å². The first-order valence-electron chi connectivity index (χ1n) is 15.9. The number of hydrogen-bond donors (Lipinski definition) is 0. The number of hydrogen-bond acceptors (Lipinski definition) is 0. The lowest BCUT2D eigenvalue weighted by molar-refractivity contribution is 0.0954. The van der Waals surface area contributed by atoms with Crippen LogP contribution in [0.15, 0.2) is 78.9 Å². The van der Waals surface area contributed by atoms with Gasteiger partial charge in [-0.05, 0) is 94.4 Å². The van der Waals surface area contributed by atoms with Gasteiger partial charge in [0.25, 0.3) is 0 Å². The Kier molecular flexibility index (Phi) is 6.84. The molecule has 39 heavy (non-hydrogen) atoms. The van der Waals surface area contributed by atoms with Crippen molar-refractivity contribution in [1.82, 2.24) is 0 Å². The van der Waals surface area contributed by atoms with E-state index >= 15 is 0 Å². The summed E-state index contributed by atoms with van der Waals surface area (Å²) in [5.74, 6) is 3.34. The van der Waals surface area contributed by atoms with Gasteiger partial charge in [-0.15, -0.1) is 0 Å². The van der Waals surface area contributed by atoms with Gasteiger partial charge in [0.2, 0.25) is 0 Å². The largest absolute Gasteiger partial charge is 0.0622 e. The van der Waals surface area contributed by atoms with E-state index in [2.05, 4.69) is 120 Å². The first kappa shape index (κ1) is 26.9. The lowest BCUT2D eigenvalue weighted by Gasteiger charge is -2.51. The molecule has 0 aromatic heterocycles. The molecular weight excluding hydrogens is 468 g/mol. The maximum atomic E-state index is 2.68. The van der Waals surface area contributed by atoms with Crippen molar-refractivity contribution in [2.75, 3.05) is 0 Å². The van der Waals surface area contributed by atoms with Crippen LogP contribution in [0.5, 0.6) is 0 Å². The summed E-state index contributed by atoms with van der Waals surface area (Å²) >= 11 is 0. The summed E-state index contributed by atoms with van der Waals surface area (Å²) in [7, 11) is 0. The Morgan fingerprint density at radius 2 is 1.15 bits per heavy atom. The van der Waals surface area contributed by atoms with E-state index in [4.69, 9.17) is 0 Å². The first-order valence-corrected chi connectivity index (χ1v) is 15.9. The van der Waals surface area contributed by atoms with Crippen molar-refractivity contribution in [2.45, 2.75) is 109 Å². The van der Waals surface area contributed by atoms with Crippen LogP contribution in [-0.4, -0.2) is 0 Å². The number of fused-ring (bicyclic) bond motifs is 3. The quantitative estimate of drug-likeness (QED) is 0.322. The fraction of sp³-hybridized carbons (Fsp3) is 0.538. The Balaban J connectivity index is 1.66. The average molecular weight is 519 g/mol. The molecule has 0 heterocycles. The molecule has 6 rings (SSSR count). The van der Waals surface area contributed by atoms with E-state index in [0.717, 1.165) is 5.92 Å². The maximum absolute atomic E-state index is 2.68. The molecule has 0 N–H and O–H groups in total. The molecule has 2 fully saturated rings. The SMILES string of the molecule is CC(C)(C)c1ccc2c(c1)[C@@H](C(c1ccccc1)(c1ccccc1)C1CCCC1)[C@@H]1CC(C(C)(C)C)CC[C@H]21. The second-order valence-corrected chi connectivity index (χ2v) is 15.3. The summed E-state index contributed by atoms with van der Waals surface area (Å²) in [6.07, 6.45) is 9.48. The van der Waals surface area contributed by atoms with Gasteiger partial charge in [-0.1, -0.05) is 133 Å². The molecule has 1 unspecified atom stereocenters. The fourth-order valence-electron chi connectivity index (χ4n) is 9.27. The monoisotopic (exact) mass is 518 g/mol. The average Bonchev–Trinajstić information content (AvgIpc) is 3.57. The van der Waals surface area contributed by atoms with Gasteiger partial charge in [-0.2, -0.15) is 0 Å². The first-order chi connectivity index (χ1) is 18.6. The lowest BCUT2D eigenvalue weighted by Crippen LogP contribution is -2.45. The second kappa shape index (κ2) is 9.94. The van der Waals surface area contributed by atoms with Crippen LogP contribution in [0.4, 0.5) is 0 Å². The van der Waals surface area contributed by atoms with Crippen LogP contribution in [0.25, 0.3) is 0 Å². The van der Waals surface area contributed by atoms with Gasteiger partial charge in [0.1, 0.15) is 0 Å². The molecule has 3 aliphatic carbocycles. The van der Waals surface area contributed by atoms with Crippen molar-refractivity contribution in [3.63, 3.8) is 0 Å². The highest BCUT2D eigenvalue weighted by atomic mass is 14.6. The van der Waals surface area contributed by atoms with Crippen molar-refractivity contribution in [3.8, 4) is 0 Å². The molecule has 4 atom stereocenters. The molecule has 0 nitrogen and oxygen atoms in total. The Labute approximate surface area is 238 Å². The molecule has 0 saturated heterocycles. The predicted molar refractivity (Wildman–Crippen MR) is 167 cm³/mol. The van der Waals surface area contributed by atoms with E-state index in [1.165, 1.54) is 50.5 Å². The third-order valence-electron chi connectivity index (χ3n) is 11.2. The molecule has 206 valence electrons. The predicted octanol–water partition coefficient (Wildman–Crippen LogP) is 10.8. The molecule has 0 bridgehead atoms. The molecule has 0 radical (unpaired) electrons. The molecule has 0 spiro atoms. The summed E-state index contributed by atoms with van der Waals surface area (Å²) in [5, 5.41) is 0. The Morgan fingerprint density at radius 1 is 0.564 bits per heavy atom. The Bertz CT molecular complexity index is 1220. The standard InChI is InChI=1S/C39H50/c1-37(2,3)30-21-23-32-33-24-22-31(38(4,5)6)26-35(33)36(34(32)25-30)39(29-19-13-14-20-29,27-15-9-7-10-16-27)28-17-11-8-12-18-28/h7-12,15-18,21,23,25,29,31,33,35-36H,13-14,19-20,22,24,26H2,1-6H3/t31?,33-,35-,36-/m1/s1. The zero-order valence-corrected chi connectivity index (χ0v) is 25.3. The van der Waals surface area contributed by atoms with Crippen molar-refractivity contribution < 1.29 is 0 Å². The van der Waals surface area contributed by atoms with Gasteiger partial charge in [0.15, 0.2) is 0 Å². The highest BCUT2D eigenvalue weighted by Gasteiger charge is 2.58. The van der Waals surface area contributed by atoms with Crippen molar-refractivity contribution in [3.05, 3.63) is 107 Å². The zero-order valence-electron chi connectivity index (χ0n) is 25.3. The molecule has 3 aliphatic rings. The van der Waals surface area contributed by atoms with Crippen LogP contribution >= 0.6 is 0 Å². The van der Waals surface area contributed by atoms with Crippen LogP contribution in [0.1, 0.15) is 126 Å². The van der Waals surface area contributed by atoms with Crippen LogP contribution in [0, 0.1) is 23.2 Å².